The van der Waals surface area contributed by atoms with E-state index < -0.39 is 0 Å². The van der Waals surface area contributed by atoms with Crippen LogP contribution in [0, 0.1) is 0 Å². The molecule has 118 valence electrons. The van der Waals surface area contributed by atoms with Gasteiger partial charge in [0.25, 0.3) is 5.91 Å². The largest absolute Gasteiger partial charge is 0.454 e. The predicted octanol–water partition coefficient (Wildman–Crippen LogP) is 1.73. The van der Waals surface area contributed by atoms with Crippen molar-refractivity contribution in [1.82, 2.24) is 15.3 Å². The van der Waals surface area contributed by atoms with Gasteiger partial charge in [-0.3, -0.25) is 4.79 Å². The van der Waals surface area contributed by atoms with E-state index in [0.29, 0.717) is 24.6 Å². The van der Waals surface area contributed by atoms with Crippen LogP contribution in [0.25, 0.3) is 0 Å². The molecule has 1 aliphatic rings. The lowest BCUT2D eigenvalue weighted by Crippen LogP contribution is -2.23. The van der Waals surface area contributed by atoms with Crippen LogP contribution < -0.4 is 20.1 Å². The molecule has 0 saturated heterocycles. The molecule has 2 heterocycles. The number of carbonyl (C=O) groups is 1. The number of hydrogen-bond donors (Lipinski definition) is 2. The van der Waals surface area contributed by atoms with Gasteiger partial charge < -0.3 is 20.1 Å². The quantitative estimate of drug-likeness (QED) is 0.790. The maximum absolute atomic E-state index is 11.7. The van der Waals surface area contributed by atoms with E-state index in [0.717, 1.165) is 17.1 Å². The Labute approximate surface area is 133 Å². The van der Waals surface area contributed by atoms with Gasteiger partial charge in [0.1, 0.15) is 0 Å². The minimum atomic E-state index is -0.229. The van der Waals surface area contributed by atoms with Crippen LogP contribution in [-0.4, -0.2) is 29.2 Å². The first kappa shape index (κ1) is 14.8. The van der Waals surface area contributed by atoms with Crippen LogP contribution in [-0.2, 0) is 6.54 Å². The molecule has 0 atom stereocenters. The van der Waals surface area contributed by atoms with Crippen molar-refractivity contribution in [3.63, 3.8) is 0 Å². The molecule has 0 saturated carbocycles. The topological polar surface area (TPSA) is 85.4 Å². The third kappa shape index (κ3) is 3.57. The molecule has 0 bridgehead atoms. The molecule has 1 aliphatic heterocycles. The second-order valence-electron chi connectivity index (χ2n) is 4.84. The summed E-state index contributed by atoms with van der Waals surface area (Å²) in [6.45, 7) is 4.74. The summed E-state index contributed by atoms with van der Waals surface area (Å²) in [5.41, 5.74) is 1.42. The Balaban J connectivity index is 1.58. The molecular formula is C16H16N4O3. The molecule has 3 rings (SSSR count). The number of fused-ring (bicyclic) bond motifs is 1. The van der Waals surface area contributed by atoms with Crippen molar-refractivity contribution in [2.24, 2.45) is 0 Å². The number of anilines is 1. The molecule has 0 fully saturated rings. The molecule has 7 nitrogen and oxygen atoms in total. The van der Waals surface area contributed by atoms with E-state index in [1.165, 1.54) is 12.4 Å². The van der Waals surface area contributed by atoms with Gasteiger partial charge in [0.15, 0.2) is 11.5 Å². The summed E-state index contributed by atoms with van der Waals surface area (Å²) in [4.78, 5) is 20.0. The van der Waals surface area contributed by atoms with E-state index in [9.17, 15) is 4.79 Å². The first-order valence-corrected chi connectivity index (χ1v) is 7.10. The van der Waals surface area contributed by atoms with E-state index in [2.05, 4.69) is 27.2 Å². The highest BCUT2D eigenvalue weighted by atomic mass is 16.7. The van der Waals surface area contributed by atoms with E-state index in [-0.39, 0.29) is 12.7 Å². The molecular weight excluding hydrogens is 296 g/mol. The van der Waals surface area contributed by atoms with Gasteiger partial charge in [0.05, 0.1) is 5.56 Å². The zero-order valence-electron chi connectivity index (χ0n) is 12.4. The molecule has 0 aliphatic carbocycles. The first-order chi connectivity index (χ1) is 11.3. The standard InChI is InChI=1S/C16H16N4O3/c1-2-5-17-15(21)12-8-19-16(20-9-12)18-7-11-3-4-13-14(6-11)23-10-22-13/h2-4,6,8-9H,1,5,7,10H2,(H,17,21)(H,18,19,20). The Morgan fingerprint density at radius 2 is 2.04 bits per heavy atom. The van der Waals surface area contributed by atoms with Crippen molar-refractivity contribution in [1.29, 1.82) is 0 Å². The molecule has 0 unspecified atom stereocenters. The molecule has 23 heavy (non-hydrogen) atoms. The summed E-state index contributed by atoms with van der Waals surface area (Å²) in [7, 11) is 0. The van der Waals surface area contributed by atoms with E-state index in [1.54, 1.807) is 6.08 Å². The van der Waals surface area contributed by atoms with Crippen molar-refractivity contribution < 1.29 is 14.3 Å². The van der Waals surface area contributed by atoms with E-state index in [1.807, 2.05) is 18.2 Å². The maximum atomic E-state index is 11.7. The van der Waals surface area contributed by atoms with Gasteiger partial charge in [0.2, 0.25) is 12.7 Å². The average Bonchev–Trinajstić information content (AvgIpc) is 3.06. The third-order valence-corrected chi connectivity index (χ3v) is 3.21. The average molecular weight is 312 g/mol. The molecule has 0 radical (unpaired) electrons. The summed E-state index contributed by atoms with van der Waals surface area (Å²) in [6, 6.07) is 5.72. The summed E-state index contributed by atoms with van der Waals surface area (Å²) >= 11 is 0. The minimum absolute atomic E-state index is 0.229. The van der Waals surface area contributed by atoms with E-state index >= 15 is 0 Å². The lowest BCUT2D eigenvalue weighted by Gasteiger charge is -2.06. The Morgan fingerprint density at radius 3 is 2.83 bits per heavy atom. The van der Waals surface area contributed by atoms with Gasteiger partial charge in [-0.25, -0.2) is 9.97 Å². The van der Waals surface area contributed by atoms with Crippen molar-refractivity contribution >= 4 is 11.9 Å². The Kier molecular flexibility index (Phi) is 4.37. The highest BCUT2D eigenvalue weighted by Crippen LogP contribution is 2.32. The Bertz CT molecular complexity index is 716. The van der Waals surface area contributed by atoms with Gasteiger partial charge in [0, 0.05) is 25.5 Å². The van der Waals surface area contributed by atoms with Crippen LogP contribution in [0.1, 0.15) is 15.9 Å². The number of nitrogens with one attached hydrogen (secondary N) is 2. The molecule has 1 aromatic carbocycles. The summed E-state index contributed by atoms with van der Waals surface area (Å²) in [5, 5.41) is 5.76. The predicted molar refractivity (Wildman–Crippen MR) is 84.5 cm³/mol. The van der Waals surface area contributed by atoms with Crippen LogP contribution in [0.4, 0.5) is 5.95 Å². The van der Waals surface area contributed by atoms with Gasteiger partial charge in [-0.15, -0.1) is 6.58 Å². The highest BCUT2D eigenvalue weighted by Gasteiger charge is 2.13. The fourth-order valence-electron chi connectivity index (χ4n) is 2.04. The van der Waals surface area contributed by atoms with Crippen LogP contribution in [0.5, 0.6) is 11.5 Å². The monoisotopic (exact) mass is 312 g/mol. The van der Waals surface area contributed by atoms with Gasteiger partial charge in [-0.2, -0.15) is 0 Å². The summed E-state index contributed by atoms with van der Waals surface area (Å²) < 4.78 is 10.6. The number of benzene rings is 1. The van der Waals surface area contributed by atoms with Crippen molar-refractivity contribution in [3.8, 4) is 11.5 Å². The molecule has 2 aromatic rings. The van der Waals surface area contributed by atoms with Crippen LogP contribution in [0.3, 0.4) is 0 Å². The normalized spacial score (nSPS) is 11.8. The number of rotatable bonds is 6. The molecule has 0 spiro atoms. The molecule has 1 aromatic heterocycles. The van der Waals surface area contributed by atoms with Gasteiger partial charge in [-0.05, 0) is 17.7 Å². The van der Waals surface area contributed by atoms with Gasteiger partial charge in [-0.1, -0.05) is 12.1 Å². The zero-order valence-corrected chi connectivity index (χ0v) is 12.4. The van der Waals surface area contributed by atoms with Crippen molar-refractivity contribution in [2.75, 3.05) is 18.7 Å². The van der Waals surface area contributed by atoms with Crippen molar-refractivity contribution in [3.05, 3.63) is 54.4 Å². The lowest BCUT2D eigenvalue weighted by atomic mass is 10.2. The third-order valence-electron chi connectivity index (χ3n) is 3.21. The molecule has 1 amide bonds. The molecule has 2 N–H and O–H groups in total. The lowest BCUT2D eigenvalue weighted by molar-refractivity contribution is 0.0957. The second kappa shape index (κ2) is 6.78. The van der Waals surface area contributed by atoms with Crippen LogP contribution in [0.2, 0.25) is 0 Å². The SMILES string of the molecule is C=CCNC(=O)c1cnc(NCc2ccc3c(c2)OCO3)nc1. The fourth-order valence-corrected chi connectivity index (χ4v) is 2.04. The number of nitrogens with zero attached hydrogens (tertiary/aromatic N) is 2. The Morgan fingerprint density at radius 1 is 1.26 bits per heavy atom. The van der Waals surface area contributed by atoms with Crippen LogP contribution >= 0.6 is 0 Å². The minimum Gasteiger partial charge on any atom is -0.454 e. The fraction of sp³-hybridized carbons (Fsp3) is 0.188. The summed E-state index contributed by atoms with van der Waals surface area (Å²) in [6.07, 6.45) is 4.57. The molecule has 7 heteroatoms. The number of amides is 1. The van der Waals surface area contributed by atoms with Gasteiger partial charge >= 0.3 is 0 Å². The second-order valence-corrected chi connectivity index (χ2v) is 4.84. The highest BCUT2D eigenvalue weighted by molar-refractivity contribution is 5.93. The number of aromatic nitrogens is 2. The van der Waals surface area contributed by atoms with E-state index in [4.69, 9.17) is 9.47 Å². The first-order valence-electron chi connectivity index (χ1n) is 7.10. The summed E-state index contributed by atoms with van der Waals surface area (Å²) in [5.74, 6) is 1.70. The van der Waals surface area contributed by atoms with Crippen LogP contribution in [0.15, 0.2) is 43.2 Å². The smallest absolute Gasteiger partial charge is 0.254 e. The number of hydrogen-bond acceptors (Lipinski definition) is 6. The number of ether oxygens (including phenoxy) is 2. The zero-order chi connectivity index (χ0) is 16.1. The van der Waals surface area contributed by atoms with Crippen molar-refractivity contribution in [2.45, 2.75) is 6.54 Å². The Hall–Kier alpha value is -3.09. The number of carbonyl (C=O) groups excluding carboxylic acids is 1. The maximum Gasteiger partial charge on any atom is 0.254 e.